The third-order valence-corrected chi connectivity index (χ3v) is 6.20. The number of methoxy groups -OCH3 is 1. The fourth-order valence-corrected chi connectivity index (χ4v) is 4.37. The lowest BCUT2D eigenvalue weighted by Crippen LogP contribution is -2.39. The van der Waals surface area contributed by atoms with Crippen LogP contribution >= 0.6 is 11.8 Å². The number of ether oxygens (including phenoxy) is 1. The van der Waals surface area contributed by atoms with Crippen LogP contribution < -0.4 is 10.1 Å². The molecular weight excluding hydrogens is 471 g/mol. The number of imide groups is 1. The van der Waals surface area contributed by atoms with Crippen molar-refractivity contribution in [3.63, 3.8) is 0 Å². The predicted molar refractivity (Wildman–Crippen MR) is 119 cm³/mol. The number of hydrogen-bond acceptors (Lipinski definition) is 6. The van der Waals surface area contributed by atoms with Crippen molar-refractivity contribution in [2.75, 3.05) is 20.2 Å². The lowest BCUT2D eigenvalue weighted by molar-refractivity contribution is -0.137. The minimum atomic E-state index is -4.54. The van der Waals surface area contributed by atoms with Crippen molar-refractivity contribution in [2.24, 2.45) is 0 Å². The Bertz CT molecular complexity index is 1210. The van der Waals surface area contributed by atoms with Gasteiger partial charge in [0.15, 0.2) is 11.0 Å². The van der Waals surface area contributed by atoms with Crippen LogP contribution in [0.2, 0.25) is 0 Å². The smallest absolute Gasteiger partial charge is 0.416 e. The molecule has 1 atom stereocenters. The second-order valence-corrected chi connectivity index (χ2v) is 8.71. The Morgan fingerprint density at radius 2 is 1.91 bits per heavy atom. The molecule has 0 aliphatic carbocycles. The first kappa shape index (κ1) is 23.6. The lowest BCUT2D eigenvalue weighted by atomic mass is 10.1. The van der Waals surface area contributed by atoms with Gasteiger partial charge in [-0.3, -0.25) is 14.3 Å². The van der Waals surface area contributed by atoms with Crippen LogP contribution in [-0.2, 0) is 11.0 Å². The van der Waals surface area contributed by atoms with Gasteiger partial charge in [0.1, 0.15) is 5.75 Å². The summed E-state index contributed by atoms with van der Waals surface area (Å²) < 4.78 is 46.8. The van der Waals surface area contributed by atoms with E-state index in [0.717, 1.165) is 28.8 Å². The molecule has 1 saturated heterocycles. The number of carbonyl (C=O) groups is 2. The van der Waals surface area contributed by atoms with Gasteiger partial charge < -0.3 is 10.1 Å². The summed E-state index contributed by atoms with van der Waals surface area (Å²) >= 11 is 1.01. The number of hydrogen-bond donors (Lipinski definition) is 1. The minimum Gasteiger partial charge on any atom is -0.497 e. The molecule has 1 aromatic heterocycles. The minimum absolute atomic E-state index is 0.187. The molecule has 1 unspecified atom stereocenters. The van der Waals surface area contributed by atoms with Gasteiger partial charge in [-0.15, -0.1) is 10.2 Å². The van der Waals surface area contributed by atoms with E-state index < -0.39 is 28.9 Å². The average molecular weight is 491 g/mol. The van der Waals surface area contributed by atoms with Gasteiger partial charge in [-0.2, -0.15) is 13.2 Å². The maximum atomic E-state index is 13.4. The van der Waals surface area contributed by atoms with Crippen LogP contribution in [-0.4, -0.2) is 57.1 Å². The SMILES string of the molecule is COc1ccc(-c2nnc(SC(C)C(=O)N3CCNC3=O)n2-c2cccc(C(F)(F)F)c2)cc1. The number of nitrogens with zero attached hydrogens (tertiary/aromatic N) is 4. The third-order valence-electron chi connectivity index (χ3n) is 5.17. The molecule has 2 heterocycles. The first-order valence-corrected chi connectivity index (χ1v) is 11.1. The van der Waals surface area contributed by atoms with Crippen molar-refractivity contribution in [3.05, 3.63) is 54.1 Å². The van der Waals surface area contributed by atoms with Crippen molar-refractivity contribution in [2.45, 2.75) is 23.5 Å². The van der Waals surface area contributed by atoms with E-state index in [2.05, 4.69) is 15.5 Å². The van der Waals surface area contributed by atoms with Crippen LogP contribution in [0.5, 0.6) is 5.75 Å². The molecule has 0 radical (unpaired) electrons. The number of benzene rings is 2. The van der Waals surface area contributed by atoms with Gasteiger partial charge in [0, 0.05) is 18.7 Å². The Hall–Kier alpha value is -3.54. The highest BCUT2D eigenvalue weighted by atomic mass is 32.2. The molecule has 1 fully saturated rings. The quantitative estimate of drug-likeness (QED) is 0.525. The van der Waals surface area contributed by atoms with E-state index in [4.69, 9.17) is 4.74 Å². The van der Waals surface area contributed by atoms with Crippen molar-refractivity contribution in [3.8, 4) is 22.8 Å². The molecule has 1 N–H and O–H groups in total. The topological polar surface area (TPSA) is 89.4 Å². The Kier molecular flexibility index (Phi) is 6.51. The number of halogens is 3. The standard InChI is InChI=1S/C22H20F3N5O3S/c1-13(19(31)29-11-10-26-20(29)32)34-21-28-27-18(14-6-8-17(33-2)9-7-14)30(21)16-5-3-4-15(12-16)22(23,24)25/h3-9,12-13H,10-11H2,1-2H3,(H,26,32). The fourth-order valence-electron chi connectivity index (χ4n) is 3.44. The zero-order valence-electron chi connectivity index (χ0n) is 18.2. The highest BCUT2D eigenvalue weighted by Crippen LogP contribution is 2.35. The highest BCUT2D eigenvalue weighted by Gasteiger charge is 2.33. The Labute approximate surface area is 197 Å². The second-order valence-electron chi connectivity index (χ2n) is 7.40. The first-order valence-electron chi connectivity index (χ1n) is 10.2. The van der Waals surface area contributed by atoms with Crippen molar-refractivity contribution < 1.29 is 27.5 Å². The fraction of sp³-hybridized carbons (Fsp3) is 0.273. The number of amides is 3. The zero-order valence-corrected chi connectivity index (χ0v) is 19.0. The average Bonchev–Trinajstić information content (AvgIpc) is 3.44. The van der Waals surface area contributed by atoms with Gasteiger partial charge in [0.05, 0.1) is 23.6 Å². The van der Waals surface area contributed by atoms with Gasteiger partial charge in [-0.25, -0.2) is 4.79 Å². The summed E-state index contributed by atoms with van der Waals surface area (Å²) in [4.78, 5) is 25.7. The Morgan fingerprint density at radius 1 is 1.18 bits per heavy atom. The van der Waals surface area contributed by atoms with E-state index in [9.17, 15) is 22.8 Å². The second kappa shape index (κ2) is 9.37. The van der Waals surface area contributed by atoms with E-state index in [-0.39, 0.29) is 17.4 Å². The van der Waals surface area contributed by atoms with Gasteiger partial charge in [0.2, 0.25) is 5.91 Å². The maximum absolute atomic E-state index is 13.4. The zero-order chi connectivity index (χ0) is 24.5. The first-order chi connectivity index (χ1) is 16.2. The van der Waals surface area contributed by atoms with Crippen LogP contribution in [0.25, 0.3) is 17.1 Å². The number of thioether (sulfide) groups is 1. The van der Waals surface area contributed by atoms with Crippen LogP contribution in [0.1, 0.15) is 12.5 Å². The van der Waals surface area contributed by atoms with Gasteiger partial charge in [-0.1, -0.05) is 17.8 Å². The van der Waals surface area contributed by atoms with Crippen molar-refractivity contribution in [1.29, 1.82) is 0 Å². The molecule has 1 aliphatic heterocycles. The van der Waals surface area contributed by atoms with Crippen LogP contribution in [0.4, 0.5) is 18.0 Å². The summed E-state index contributed by atoms with van der Waals surface area (Å²) in [5, 5.41) is 10.4. The lowest BCUT2D eigenvalue weighted by Gasteiger charge is -2.18. The molecule has 1 aliphatic rings. The summed E-state index contributed by atoms with van der Waals surface area (Å²) in [5.74, 6) is 0.472. The van der Waals surface area contributed by atoms with E-state index in [1.165, 1.54) is 23.8 Å². The molecule has 3 amide bonds. The monoisotopic (exact) mass is 491 g/mol. The third kappa shape index (κ3) is 4.72. The number of alkyl halides is 3. The van der Waals surface area contributed by atoms with Crippen molar-refractivity contribution in [1.82, 2.24) is 25.0 Å². The molecule has 0 saturated carbocycles. The number of rotatable bonds is 6. The molecule has 178 valence electrons. The molecule has 0 bridgehead atoms. The molecule has 0 spiro atoms. The number of urea groups is 1. The van der Waals surface area contributed by atoms with Gasteiger partial charge >= 0.3 is 12.2 Å². The van der Waals surface area contributed by atoms with Crippen LogP contribution in [0.15, 0.2) is 53.7 Å². The summed E-state index contributed by atoms with van der Waals surface area (Å²) in [6, 6.07) is 11.1. The molecule has 8 nitrogen and oxygen atoms in total. The van der Waals surface area contributed by atoms with E-state index in [1.54, 1.807) is 31.2 Å². The summed E-state index contributed by atoms with van der Waals surface area (Å²) in [6.07, 6.45) is -4.54. The summed E-state index contributed by atoms with van der Waals surface area (Å²) in [5.41, 5.74) is -0.0460. The largest absolute Gasteiger partial charge is 0.497 e. The summed E-state index contributed by atoms with van der Waals surface area (Å²) in [6.45, 7) is 2.22. The summed E-state index contributed by atoms with van der Waals surface area (Å²) in [7, 11) is 1.52. The van der Waals surface area contributed by atoms with E-state index >= 15 is 0 Å². The Balaban J connectivity index is 1.75. The number of aromatic nitrogens is 3. The van der Waals surface area contributed by atoms with Crippen LogP contribution in [0.3, 0.4) is 0 Å². The maximum Gasteiger partial charge on any atom is 0.416 e. The molecule has 4 rings (SSSR count). The van der Waals surface area contributed by atoms with E-state index in [1.807, 2.05) is 0 Å². The number of nitrogens with one attached hydrogen (secondary N) is 1. The van der Waals surface area contributed by atoms with E-state index in [0.29, 0.717) is 23.7 Å². The van der Waals surface area contributed by atoms with Crippen LogP contribution in [0, 0.1) is 0 Å². The van der Waals surface area contributed by atoms with Crippen molar-refractivity contribution >= 4 is 23.7 Å². The number of carbonyl (C=O) groups excluding carboxylic acids is 2. The Morgan fingerprint density at radius 3 is 2.53 bits per heavy atom. The molecule has 3 aromatic rings. The van der Waals surface area contributed by atoms with Gasteiger partial charge in [-0.05, 0) is 49.4 Å². The van der Waals surface area contributed by atoms with Gasteiger partial charge in [0.25, 0.3) is 0 Å². The molecule has 34 heavy (non-hydrogen) atoms. The highest BCUT2D eigenvalue weighted by molar-refractivity contribution is 8.00. The molecule has 2 aromatic carbocycles. The normalized spacial score (nSPS) is 14.7. The predicted octanol–water partition coefficient (Wildman–Crippen LogP) is 3.99. The molecule has 12 heteroatoms. The molecular formula is C22H20F3N5O3S.